The standard InChI is InChI=1S/C14H15NO2.ClH/c1-17-14(16)10-15-9-12-7-4-6-11-5-2-3-8-13(11)12;/h2-8,15H,9-10H2,1H3;1H. The number of carbonyl (C=O) groups excluding carboxylic acids is 1. The van der Waals surface area contributed by atoms with Gasteiger partial charge in [0.1, 0.15) is 0 Å². The summed E-state index contributed by atoms with van der Waals surface area (Å²) in [5.74, 6) is -0.245. The van der Waals surface area contributed by atoms with Crippen LogP contribution in [0.2, 0.25) is 0 Å². The van der Waals surface area contributed by atoms with Crippen molar-refractivity contribution in [3.05, 3.63) is 48.0 Å². The topological polar surface area (TPSA) is 38.3 Å². The molecule has 0 heterocycles. The largest absolute Gasteiger partial charge is 0.468 e. The van der Waals surface area contributed by atoms with E-state index in [9.17, 15) is 4.79 Å². The van der Waals surface area contributed by atoms with E-state index in [0.29, 0.717) is 6.54 Å². The van der Waals surface area contributed by atoms with Crippen LogP contribution in [0.5, 0.6) is 0 Å². The van der Waals surface area contributed by atoms with Crippen LogP contribution in [0.3, 0.4) is 0 Å². The molecule has 0 aliphatic heterocycles. The first-order chi connectivity index (χ1) is 8.31. The van der Waals surface area contributed by atoms with Crippen molar-refractivity contribution in [1.29, 1.82) is 0 Å². The van der Waals surface area contributed by atoms with Crippen LogP contribution in [-0.4, -0.2) is 19.6 Å². The second-order valence-electron chi connectivity index (χ2n) is 3.82. The summed E-state index contributed by atoms with van der Waals surface area (Å²) in [4.78, 5) is 11.0. The second kappa shape index (κ2) is 6.99. The maximum atomic E-state index is 11.0. The van der Waals surface area contributed by atoms with E-state index >= 15 is 0 Å². The Balaban J connectivity index is 0.00000162. The van der Waals surface area contributed by atoms with E-state index in [0.717, 1.165) is 0 Å². The molecule has 0 spiro atoms. The number of hydrogen-bond acceptors (Lipinski definition) is 3. The van der Waals surface area contributed by atoms with E-state index in [-0.39, 0.29) is 24.9 Å². The van der Waals surface area contributed by atoms with Crippen LogP contribution in [0.25, 0.3) is 10.8 Å². The van der Waals surface area contributed by atoms with Crippen LogP contribution in [-0.2, 0) is 16.1 Å². The number of carbonyl (C=O) groups is 1. The summed E-state index contributed by atoms with van der Waals surface area (Å²) in [5.41, 5.74) is 1.19. The van der Waals surface area contributed by atoms with Gasteiger partial charge < -0.3 is 10.1 Å². The molecule has 0 amide bonds. The van der Waals surface area contributed by atoms with Crippen molar-refractivity contribution in [2.45, 2.75) is 6.54 Å². The molecule has 2 rings (SSSR count). The van der Waals surface area contributed by atoms with Gasteiger partial charge in [0.25, 0.3) is 0 Å². The van der Waals surface area contributed by atoms with Crippen LogP contribution < -0.4 is 5.32 Å². The molecule has 0 fully saturated rings. The zero-order chi connectivity index (χ0) is 12.1. The van der Waals surface area contributed by atoms with Gasteiger partial charge in [0.2, 0.25) is 0 Å². The van der Waals surface area contributed by atoms with E-state index in [4.69, 9.17) is 0 Å². The number of hydrogen-bond donors (Lipinski definition) is 1. The highest BCUT2D eigenvalue weighted by Gasteiger charge is 2.02. The lowest BCUT2D eigenvalue weighted by molar-refractivity contribution is -0.139. The Morgan fingerprint density at radius 2 is 1.89 bits per heavy atom. The minimum atomic E-state index is -0.245. The average Bonchev–Trinajstić information content (AvgIpc) is 2.39. The van der Waals surface area contributed by atoms with E-state index in [1.165, 1.54) is 23.4 Å². The molecule has 0 atom stereocenters. The van der Waals surface area contributed by atoms with Crippen molar-refractivity contribution in [2.75, 3.05) is 13.7 Å². The highest BCUT2D eigenvalue weighted by atomic mass is 35.5. The van der Waals surface area contributed by atoms with Crippen molar-refractivity contribution in [2.24, 2.45) is 0 Å². The van der Waals surface area contributed by atoms with Gasteiger partial charge in [0.05, 0.1) is 13.7 Å². The maximum absolute atomic E-state index is 11.0. The molecular formula is C14H16ClNO2. The first kappa shape index (κ1) is 14.5. The lowest BCUT2D eigenvalue weighted by atomic mass is 10.0. The highest BCUT2D eigenvalue weighted by molar-refractivity contribution is 5.86. The summed E-state index contributed by atoms with van der Waals surface area (Å²) in [6, 6.07) is 14.4. The van der Waals surface area contributed by atoms with Gasteiger partial charge in [-0.2, -0.15) is 0 Å². The lowest BCUT2D eigenvalue weighted by Crippen LogP contribution is -2.23. The molecule has 3 nitrogen and oxygen atoms in total. The Morgan fingerprint density at radius 3 is 2.67 bits per heavy atom. The summed E-state index contributed by atoms with van der Waals surface area (Å²) in [6.45, 7) is 0.899. The van der Waals surface area contributed by atoms with Gasteiger partial charge in [0, 0.05) is 6.54 Å². The zero-order valence-corrected chi connectivity index (χ0v) is 11.0. The molecule has 0 saturated heterocycles. The summed E-state index contributed by atoms with van der Waals surface area (Å²) in [7, 11) is 1.39. The van der Waals surface area contributed by atoms with Crippen LogP contribution in [0.15, 0.2) is 42.5 Å². The van der Waals surface area contributed by atoms with Gasteiger partial charge in [0.15, 0.2) is 0 Å². The average molecular weight is 266 g/mol. The predicted octanol–water partition coefficient (Wildman–Crippen LogP) is 2.52. The SMILES string of the molecule is COC(=O)CNCc1cccc2ccccc12.Cl. The van der Waals surface area contributed by atoms with Crippen molar-refractivity contribution < 1.29 is 9.53 Å². The van der Waals surface area contributed by atoms with Gasteiger partial charge in [-0.25, -0.2) is 0 Å². The van der Waals surface area contributed by atoms with Crippen molar-refractivity contribution in [3.8, 4) is 0 Å². The number of ether oxygens (including phenoxy) is 1. The fraction of sp³-hybridized carbons (Fsp3) is 0.214. The number of halogens is 1. The van der Waals surface area contributed by atoms with Crippen LogP contribution >= 0.6 is 12.4 Å². The quantitative estimate of drug-likeness (QED) is 0.864. The van der Waals surface area contributed by atoms with E-state index in [1.807, 2.05) is 18.2 Å². The predicted molar refractivity (Wildman–Crippen MR) is 74.9 cm³/mol. The lowest BCUT2D eigenvalue weighted by Gasteiger charge is -2.07. The normalized spacial score (nSPS) is 9.83. The number of esters is 1. The smallest absolute Gasteiger partial charge is 0.319 e. The maximum Gasteiger partial charge on any atom is 0.319 e. The van der Waals surface area contributed by atoms with Crippen molar-refractivity contribution in [3.63, 3.8) is 0 Å². The molecule has 1 N–H and O–H groups in total. The number of benzene rings is 2. The molecule has 2 aromatic carbocycles. The molecule has 0 aliphatic rings. The molecule has 0 aromatic heterocycles. The third-order valence-electron chi connectivity index (χ3n) is 2.69. The van der Waals surface area contributed by atoms with Gasteiger partial charge in [-0.15, -0.1) is 12.4 Å². The molecule has 96 valence electrons. The Hall–Kier alpha value is -1.58. The molecule has 2 aromatic rings. The van der Waals surface area contributed by atoms with Crippen LogP contribution in [0.4, 0.5) is 0 Å². The fourth-order valence-corrected chi connectivity index (χ4v) is 1.82. The van der Waals surface area contributed by atoms with Crippen LogP contribution in [0, 0.1) is 0 Å². The summed E-state index contributed by atoms with van der Waals surface area (Å²) < 4.78 is 4.57. The van der Waals surface area contributed by atoms with Crippen LogP contribution in [0.1, 0.15) is 5.56 Å². The zero-order valence-electron chi connectivity index (χ0n) is 10.2. The van der Waals surface area contributed by atoms with Gasteiger partial charge >= 0.3 is 5.97 Å². The van der Waals surface area contributed by atoms with E-state index < -0.39 is 0 Å². The van der Waals surface area contributed by atoms with Gasteiger partial charge in [-0.05, 0) is 16.3 Å². The Labute approximate surface area is 113 Å². The molecule has 0 radical (unpaired) electrons. The summed E-state index contributed by atoms with van der Waals surface area (Å²) >= 11 is 0. The molecule has 18 heavy (non-hydrogen) atoms. The number of rotatable bonds is 4. The Bertz CT molecular complexity index is 523. The minimum Gasteiger partial charge on any atom is -0.468 e. The van der Waals surface area contributed by atoms with E-state index in [1.54, 1.807) is 0 Å². The number of methoxy groups -OCH3 is 1. The molecule has 0 unspecified atom stereocenters. The Kier molecular flexibility index (Phi) is 5.62. The fourth-order valence-electron chi connectivity index (χ4n) is 1.82. The van der Waals surface area contributed by atoms with Gasteiger partial charge in [-0.3, -0.25) is 4.79 Å². The van der Waals surface area contributed by atoms with E-state index in [2.05, 4.69) is 34.3 Å². The summed E-state index contributed by atoms with van der Waals surface area (Å²) in [6.07, 6.45) is 0. The monoisotopic (exact) mass is 265 g/mol. The number of nitrogens with one attached hydrogen (secondary N) is 1. The van der Waals surface area contributed by atoms with Crippen molar-refractivity contribution >= 4 is 29.1 Å². The molecule has 0 saturated carbocycles. The number of fused-ring (bicyclic) bond motifs is 1. The molecule has 0 bridgehead atoms. The molecule has 4 heteroatoms. The van der Waals surface area contributed by atoms with Gasteiger partial charge in [-0.1, -0.05) is 42.5 Å². The third-order valence-corrected chi connectivity index (χ3v) is 2.69. The third kappa shape index (κ3) is 3.45. The first-order valence-corrected chi connectivity index (χ1v) is 5.55. The summed E-state index contributed by atoms with van der Waals surface area (Å²) in [5, 5.41) is 5.50. The Morgan fingerprint density at radius 1 is 1.17 bits per heavy atom. The minimum absolute atomic E-state index is 0. The van der Waals surface area contributed by atoms with Crippen molar-refractivity contribution in [1.82, 2.24) is 5.32 Å². The highest BCUT2D eigenvalue weighted by Crippen LogP contribution is 2.17. The second-order valence-corrected chi connectivity index (χ2v) is 3.82. The molecular weight excluding hydrogens is 250 g/mol. The first-order valence-electron chi connectivity index (χ1n) is 5.55. The molecule has 0 aliphatic carbocycles.